The topological polar surface area (TPSA) is 20.3 Å². The van der Waals surface area contributed by atoms with Crippen LogP contribution in [0.3, 0.4) is 0 Å². The van der Waals surface area contributed by atoms with E-state index in [0.29, 0.717) is 6.29 Å². The lowest BCUT2D eigenvalue weighted by Gasteiger charge is -2.14. The molecule has 2 heteroatoms. The van der Waals surface area contributed by atoms with Crippen molar-refractivity contribution in [1.29, 1.82) is 0 Å². The molecule has 0 saturated carbocycles. The quantitative estimate of drug-likeness (QED) is 0.326. The number of hydrogen-bond acceptors (Lipinski definition) is 2. The molecule has 2 aromatic rings. The van der Waals surface area contributed by atoms with Crippen molar-refractivity contribution in [3.63, 3.8) is 0 Å². The summed E-state index contributed by atoms with van der Waals surface area (Å²) >= 11 is 0. The standard InChI is InChI=1S/C21H29N.C3H4O/c1-5-7-8-9-17-10-15-21(18(6-2)16-17)19-11-13-20(14-12-19)22(3)4;1-2-3-4/h10-16H,5-9H2,1-4H3;2-3H,1H2. The fourth-order valence-electron chi connectivity index (χ4n) is 2.89. The van der Waals surface area contributed by atoms with Gasteiger partial charge < -0.3 is 4.90 Å². The van der Waals surface area contributed by atoms with Crippen LogP contribution in [0.5, 0.6) is 0 Å². The summed E-state index contributed by atoms with van der Waals surface area (Å²) in [5, 5.41) is 0. The first-order valence-corrected chi connectivity index (χ1v) is 9.53. The normalized spacial score (nSPS) is 9.85. The van der Waals surface area contributed by atoms with E-state index < -0.39 is 0 Å². The Hall–Kier alpha value is -2.35. The van der Waals surface area contributed by atoms with E-state index in [4.69, 9.17) is 4.79 Å². The molecular weight excluding hydrogens is 318 g/mol. The maximum absolute atomic E-state index is 9.06. The third-order valence-electron chi connectivity index (χ3n) is 4.41. The van der Waals surface area contributed by atoms with Crippen LogP contribution < -0.4 is 4.90 Å². The summed E-state index contributed by atoms with van der Waals surface area (Å²) in [6.07, 6.45) is 8.05. The minimum absolute atomic E-state index is 0.639. The van der Waals surface area contributed by atoms with Crippen LogP contribution in [0.2, 0.25) is 0 Å². The fraction of sp³-hybridized carbons (Fsp3) is 0.375. The zero-order valence-electron chi connectivity index (χ0n) is 16.8. The number of rotatable bonds is 8. The molecule has 0 aliphatic heterocycles. The maximum Gasteiger partial charge on any atom is 0.142 e. The van der Waals surface area contributed by atoms with Crippen molar-refractivity contribution in [2.75, 3.05) is 19.0 Å². The van der Waals surface area contributed by atoms with Crippen LogP contribution in [-0.2, 0) is 17.6 Å². The van der Waals surface area contributed by atoms with Gasteiger partial charge in [-0.15, -0.1) is 0 Å². The second-order valence-electron chi connectivity index (χ2n) is 6.62. The third kappa shape index (κ3) is 6.87. The molecule has 0 radical (unpaired) electrons. The molecule has 0 aliphatic carbocycles. The number of carbonyl (C=O) groups is 1. The molecule has 2 nitrogen and oxygen atoms in total. The van der Waals surface area contributed by atoms with Crippen LogP contribution in [0, 0.1) is 0 Å². The molecule has 2 rings (SSSR count). The smallest absolute Gasteiger partial charge is 0.142 e. The molecule has 0 fully saturated rings. The SMILES string of the molecule is C=CC=O.CCCCCc1ccc(-c2ccc(N(C)C)cc2)c(CC)c1. The number of aryl methyl sites for hydroxylation is 2. The van der Waals surface area contributed by atoms with Crippen molar-refractivity contribution in [2.24, 2.45) is 0 Å². The zero-order chi connectivity index (χ0) is 19.4. The number of anilines is 1. The summed E-state index contributed by atoms with van der Waals surface area (Å²) < 4.78 is 0. The van der Waals surface area contributed by atoms with Gasteiger partial charge in [0.1, 0.15) is 6.29 Å². The van der Waals surface area contributed by atoms with Crippen LogP contribution in [0.25, 0.3) is 11.1 Å². The first kappa shape index (κ1) is 21.7. The molecule has 0 spiro atoms. The number of nitrogens with zero attached hydrogens (tertiary/aromatic N) is 1. The van der Waals surface area contributed by atoms with E-state index in [1.807, 2.05) is 0 Å². The van der Waals surface area contributed by atoms with Crippen LogP contribution in [0.4, 0.5) is 5.69 Å². The highest BCUT2D eigenvalue weighted by atomic mass is 16.1. The van der Waals surface area contributed by atoms with E-state index in [2.05, 4.69) is 81.9 Å². The van der Waals surface area contributed by atoms with Crippen molar-refractivity contribution in [2.45, 2.75) is 46.0 Å². The summed E-state index contributed by atoms with van der Waals surface area (Å²) in [4.78, 5) is 11.2. The summed E-state index contributed by atoms with van der Waals surface area (Å²) in [6, 6.07) is 15.9. The molecule has 0 aromatic heterocycles. The van der Waals surface area contributed by atoms with Crippen LogP contribution in [0.15, 0.2) is 55.1 Å². The second-order valence-corrected chi connectivity index (χ2v) is 6.62. The van der Waals surface area contributed by atoms with Crippen molar-refractivity contribution in [1.82, 2.24) is 0 Å². The Morgan fingerprint density at radius 3 is 2.15 bits per heavy atom. The second kappa shape index (κ2) is 12.1. The van der Waals surface area contributed by atoms with Gasteiger partial charge in [0.2, 0.25) is 0 Å². The monoisotopic (exact) mass is 351 g/mol. The molecule has 0 amide bonds. The summed E-state index contributed by atoms with van der Waals surface area (Å²) in [5.41, 5.74) is 6.90. The van der Waals surface area contributed by atoms with Crippen molar-refractivity contribution < 1.29 is 4.79 Å². The molecule has 0 unspecified atom stereocenters. The highest BCUT2D eigenvalue weighted by Gasteiger charge is 2.06. The van der Waals surface area contributed by atoms with Gasteiger partial charge in [-0.3, -0.25) is 4.79 Å². The summed E-state index contributed by atoms with van der Waals surface area (Å²) in [6.45, 7) is 7.63. The summed E-state index contributed by atoms with van der Waals surface area (Å²) in [7, 11) is 4.16. The predicted octanol–water partition coefficient (Wildman–Crippen LogP) is 6.09. The number of aldehydes is 1. The molecule has 2 aromatic carbocycles. The molecule has 140 valence electrons. The van der Waals surface area contributed by atoms with Gasteiger partial charge in [0.05, 0.1) is 0 Å². The van der Waals surface area contributed by atoms with Crippen molar-refractivity contribution in [3.05, 3.63) is 66.2 Å². The number of hydrogen-bond donors (Lipinski definition) is 0. The first-order chi connectivity index (χ1) is 12.6. The minimum atomic E-state index is 0.639. The number of carbonyl (C=O) groups excluding carboxylic acids is 1. The Morgan fingerprint density at radius 2 is 1.65 bits per heavy atom. The molecule has 0 aliphatic rings. The fourth-order valence-corrected chi connectivity index (χ4v) is 2.89. The van der Waals surface area contributed by atoms with E-state index >= 15 is 0 Å². The average molecular weight is 352 g/mol. The minimum Gasteiger partial charge on any atom is -0.378 e. The molecule has 0 bridgehead atoms. The van der Waals surface area contributed by atoms with E-state index in [1.54, 1.807) is 0 Å². The van der Waals surface area contributed by atoms with Gasteiger partial charge in [-0.25, -0.2) is 0 Å². The van der Waals surface area contributed by atoms with E-state index in [0.717, 1.165) is 6.42 Å². The third-order valence-corrected chi connectivity index (χ3v) is 4.41. The van der Waals surface area contributed by atoms with Gasteiger partial charge in [0.15, 0.2) is 0 Å². The molecule has 26 heavy (non-hydrogen) atoms. The number of benzene rings is 2. The van der Waals surface area contributed by atoms with E-state index in [-0.39, 0.29) is 0 Å². The Morgan fingerprint density at radius 1 is 1.00 bits per heavy atom. The largest absolute Gasteiger partial charge is 0.378 e. The van der Waals surface area contributed by atoms with Gasteiger partial charge in [0, 0.05) is 19.8 Å². The van der Waals surface area contributed by atoms with Crippen LogP contribution >= 0.6 is 0 Å². The molecule has 0 N–H and O–H groups in total. The Labute approximate surface area is 159 Å². The Bertz CT molecular complexity index is 665. The van der Waals surface area contributed by atoms with Crippen molar-refractivity contribution >= 4 is 12.0 Å². The zero-order valence-corrected chi connectivity index (χ0v) is 16.8. The molecule has 0 saturated heterocycles. The maximum atomic E-state index is 9.06. The highest BCUT2D eigenvalue weighted by molar-refractivity contribution is 5.70. The number of unbranched alkanes of at least 4 members (excludes halogenated alkanes) is 2. The predicted molar refractivity (Wildman–Crippen MR) is 115 cm³/mol. The molecule has 0 atom stereocenters. The Balaban J connectivity index is 0.000000765. The van der Waals surface area contributed by atoms with Gasteiger partial charge in [0.25, 0.3) is 0 Å². The lowest BCUT2D eigenvalue weighted by molar-refractivity contribution is -0.104. The van der Waals surface area contributed by atoms with Crippen molar-refractivity contribution in [3.8, 4) is 11.1 Å². The highest BCUT2D eigenvalue weighted by Crippen LogP contribution is 2.27. The van der Waals surface area contributed by atoms with Gasteiger partial charge in [-0.2, -0.15) is 0 Å². The molecular formula is C24H33NO. The van der Waals surface area contributed by atoms with E-state index in [9.17, 15) is 0 Å². The van der Waals surface area contributed by atoms with Crippen LogP contribution in [-0.4, -0.2) is 20.4 Å². The lowest BCUT2D eigenvalue weighted by Crippen LogP contribution is -2.07. The van der Waals surface area contributed by atoms with Gasteiger partial charge in [-0.1, -0.05) is 63.6 Å². The van der Waals surface area contributed by atoms with Crippen LogP contribution in [0.1, 0.15) is 44.2 Å². The lowest BCUT2D eigenvalue weighted by atomic mass is 9.94. The van der Waals surface area contributed by atoms with Gasteiger partial charge in [-0.05, 0) is 59.7 Å². The first-order valence-electron chi connectivity index (χ1n) is 9.53. The average Bonchev–Trinajstić information content (AvgIpc) is 2.68. The number of allylic oxidation sites excluding steroid dienone is 1. The Kier molecular flexibility index (Phi) is 10.1. The molecule has 0 heterocycles. The van der Waals surface area contributed by atoms with E-state index in [1.165, 1.54) is 59.7 Å². The van der Waals surface area contributed by atoms with Gasteiger partial charge >= 0.3 is 0 Å². The summed E-state index contributed by atoms with van der Waals surface area (Å²) in [5.74, 6) is 0.